The van der Waals surface area contributed by atoms with Crippen LogP contribution < -0.4 is 0 Å². The van der Waals surface area contributed by atoms with E-state index in [-0.39, 0.29) is 0 Å². The third kappa shape index (κ3) is 1.62. The molecule has 0 bridgehead atoms. The summed E-state index contributed by atoms with van der Waals surface area (Å²) >= 11 is -3.92. The van der Waals surface area contributed by atoms with Crippen LogP contribution >= 0.6 is 17.7 Å². The number of halogens is 2. The summed E-state index contributed by atoms with van der Waals surface area (Å²) in [5, 5.41) is 0. The molecule has 0 aliphatic rings. The summed E-state index contributed by atoms with van der Waals surface area (Å²) in [6.07, 6.45) is 0. The maximum absolute atomic E-state index is 6.47. The molecular formula is C9H15Cl2Sb. The van der Waals surface area contributed by atoms with Crippen LogP contribution in [0.25, 0.3) is 0 Å². The predicted molar refractivity (Wildman–Crippen MR) is 61.9 cm³/mol. The molecule has 0 aliphatic carbocycles. The van der Waals surface area contributed by atoms with Crippen molar-refractivity contribution < 1.29 is 0 Å². The van der Waals surface area contributed by atoms with E-state index in [1.54, 1.807) is 0 Å². The fraction of sp³-hybridized carbons (Fsp3) is 0.333. The Bertz CT molecular complexity index is 221. The van der Waals surface area contributed by atoms with E-state index in [1.807, 2.05) is 20.8 Å². The van der Waals surface area contributed by atoms with Crippen LogP contribution in [0.2, 0.25) is 0 Å². The van der Waals surface area contributed by atoms with Crippen molar-refractivity contribution in [3.05, 3.63) is 30.3 Å². The van der Waals surface area contributed by atoms with Crippen molar-refractivity contribution in [2.45, 2.75) is 20.8 Å². The summed E-state index contributed by atoms with van der Waals surface area (Å²) in [7, 11) is 12.9. The van der Waals surface area contributed by atoms with Gasteiger partial charge in [-0.3, -0.25) is 0 Å². The Morgan fingerprint density at radius 3 is 1.00 bits per heavy atom. The Kier molecular flexibility index (Phi) is 3.58. The fourth-order valence-electron chi connectivity index (χ4n) is 0.977. The second-order valence-electron chi connectivity index (χ2n) is 3.11. The van der Waals surface area contributed by atoms with Crippen LogP contribution in [0.3, 0.4) is 0 Å². The van der Waals surface area contributed by atoms with Gasteiger partial charge >= 0.3 is 83.8 Å². The van der Waals surface area contributed by atoms with Crippen LogP contribution in [0, 0.1) is 0 Å². The molecule has 0 amide bonds. The molecular weight excluding hydrogens is 301 g/mol. The van der Waals surface area contributed by atoms with E-state index >= 15 is 0 Å². The van der Waals surface area contributed by atoms with Crippen molar-refractivity contribution in [1.82, 2.24) is 0 Å². The average Bonchev–Trinajstić information content (AvgIpc) is 1.86. The molecule has 0 aromatic heterocycles. The van der Waals surface area contributed by atoms with Gasteiger partial charge in [0.05, 0.1) is 0 Å². The summed E-state index contributed by atoms with van der Waals surface area (Å²) < 4.78 is 2.48. The third-order valence-electron chi connectivity index (χ3n) is 2.01. The van der Waals surface area contributed by atoms with E-state index in [4.69, 9.17) is 17.7 Å². The second kappa shape index (κ2) is 3.40. The molecule has 0 nitrogen and oxygen atoms in total. The number of rotatable bonds is 3. The molecule has 0 saturated heterocycles. The molecule has 0 heterocycles. The van der Waals surface area contributed by atoms with Gasteiger partial charge in [0.15, 0.2) is 0 Å². The average molecular weight is 316 g/mol. The Labute approximate surface area is 83.3 Å². The first kappa shape index (κ1) is 12.6. The Balaban J connectivity index is 5.56. The zero-order chi connectivity index (χ0) is 10.2. The summed E-state index contributed by atoms with van der Waals surface area (Å²) in [4.78, 5) is 0. The van der Waals surface area contributed by atoms with Gasteiger partial charge in [0.2, 0.25) is 0 Å². The Hall–Kier alpha value is 0.618. The van der Waals surface area contributed by atoms with Gasteiger partial charge in [-0.25, -0.2) is 0 Å². The van der Waals surface area contributed by atoms with Crippen LogP contribution in [-0.2, 0) is 0 Å². The van der Waals surface area contributed by atoms with Crippen LogP contribution in [-0.4, -0.2) is 15.1 Å². The summed E-state index contributed by atoms with van der Waals surface area (Å²) in [5.74, 6) is 0. The normalized spacial score (nSPS) is 14.6. The van der Waals surface area contributed by atoms with Gasteiger partial charge in [-0.05, 0) is 0 Å². The Morgan fingerprint density at radius 2 is 1.00 bits per heavy atom. The molecule has 12 heavy (non-hydrogen) atoms. The molecule has 0 aromatic rings. The topological polar surface area (TPSA) is 0 Å². The predicted octanol–water partition coefficient (Wildman–Crippen LogP) is 4.21. The van der Waals surface area contributed by atoms with Gasteiger partial charge in [0.25, 0.3) is 0 Å². The van der Waals surface area contributed by atoms with Crippen LogP contribution in [0.1, 0.15) is 20.8 Å². The molecule has 0 atom stereocenters. The molecule has 0 aromatic carbocycles. The van der Waals surface area contributed by atoms with Crippen molar-refractivity contribution in [3.8, 4) is 0 Å². The van der Waals surface area contributed by atoms with E-state index in [0.29, 0.717) is 0 Å². The summed E-state index contributed by atoms with van der Waals surface area (Å²) in [5.41, 5.74) is 0. The second-order valence-corrected chi connectivity index (χ2v) is 25.1. The van der Waals surface area contributed by atoms with Gasteiger partial charge < -0.3 is 0 Å². The van der Waals surface area contributed by atoms with Crippen molar-refractivity contribution in [2.24, 2.45) is 0 Å². The SMILES string of the molecule is C=[C](C)[Sb]([Cl])([Cl])([C](=C)C)[C](=C)C. The minimum absolute atomic E-state index is 0.825. The maximum atomic E-state index is 6.47. The third-order valence-corrected chi connectivity index (χ3v) is 25.1. The fourth-order valence-corrected chi connectivity index (χ4v) is 6.56. The molecule has 3 heteroatoms. The molecule has 0 spiro atoms. The van der Waals surface area contributed by atoms with Crippen molar-refractivity contribution in [3.63, 3.8) is 0 Å². The summed E-state index contributed by atoms with van der Waals surface area (Å²) in [6.45, 7) is 17.1. The van der Waals surface area contributed by atoms with Gasteiger partial charge in [0.1, 0.15) is 0 Å². The van der Waals surface area contributed by atoms with Gasteiger partial charge in [-0.2, -0.15) is 0 Å². The molecule has 0 rings (SSSR count). The standard InChI is InChI=1S/3C3H5.2ClH.Sb/c3*1-3-2;;;/h3*1H2,2H3;2*1H;/q;;;;;+2/p-2. The molecule has 0 saturated carbocycles. The zero-order valence-corrected chi connectivity index (χ0v) is 11.9. The van der Waals surface area contributed by atoms with E-state index < -0.39 is 15.1 Å². The summed E-state index contributed by atoms with van der Waals surface area (Å²) in [6, 6.07) is 0. The van der Waals surface area contributed by atoms with Gasteiger partial charge in [-0.15, -0.1) is 0 Å². The first-order chi connectivity index (χ1) is 5.13. The molecule has 0 fully saturated rings. The van der Waals surface area contributed by atoms with Gasteiger partial charge in [-0.1, -0.05) is 0 Å². The quantitative estimate of drug-likeness (QED) is 0.685. The van der Waals surface area contributed by atoms with E-state index in [2.05, 4.69) is 19.7 Å². The molecule has 0 aliphatic heterocycles. The molecule has 0 unspecified atom stereocenters. The van der Waals surface area contributed by atoms with E-state index in [0.717, 1.165) is 10.6 Å². The molecule has 70 valence electrons. The van der Waals surface area contributed by atoms with Crippen molar-refractivity contribution in [1.29, 1.82) is 0 Å². The first-order valence-corrected chi connectivity index (χ1v) is 13.9. The van der Waals surface area contributed by atoms with Crippen molar-refractivity contribution >= 4 is 32.8 Å². The van der Waals surface area contributed by atoms with Crippen LogP contribution in [0.5, 0.6) is 0 Å². The van der Waals surface area contributed by atoms with E-state index in [9.17, 15) is 0 Å². The van der Waals surface area contributed by atoms with Crippen molar-refractivity contribution in [2.75, 3.05) is 0 Å². The first-order valence-electron chi connectivity index (χ1n) is 3.57. The molecule has 0 radical (unpaired) electrons. The number of allylic oxidation sites excluding steroid dienone is 3. The van der Waals surface area contributed by atoms with Crippen LogP contribution in [0.4, 0.5) is 0 Å². The van der Waals surface area contributed by atoms with Crippen LogP contribution in [0.15, 0.2) is 30.3 Å². The number of hydrogen-bond donors (Lipinski definition) is 0. The number of hydrogen-bond acceptors (Lipinski definition) is 0. The van der Waals surface area contributed by atoms with Gasteiger partial charge in [0, 0.05) is 0 Å². The van der Waals surface area contributed by atoms with E-state index in [1.165, 1.54) is 0 Å². The molecule has 0 N–H and O–H groups in total. The zero-order valence-electron chi connectivity index (χ0n) is 7.82. The Morgan fingerprint density at radius 1 is 0.833 bits per heavy atom. The minimum atomic E-state index is -3.92. The monoisotopic (exact) mass is 314 g/mol.